The zero-order chi connectivity index (χ0) is 20.1. The Hall–Kier alpha value is -2.57. The molecule has 7 heteroatoms. The van der Waals surface area contributed by atoms with Gasteiger partial charge in [0.25, 0.3) is 0 Å². The highest BCUT2D eigenvalue weighted by atomic mass is 16.5. The summed E-state index contributed by atoms with van der Waals surface area (Å²) in [4.78, 5) is 34.9. The Morgan fingerprint density at radius 1 is 1.11 bits per heavy atom. The van der Waals surface area contributed by atoms with E-state index in [-0.39, 0.29) is 18.4 Å². The van der Waals surface area contributed by atoms with Crippen LogP contribution in [0.15, 0.2) is 30.3 Å². The van der Waals surface area contributed by atoms with Gasteiger partial charge in [-0.2, -0.15) is 0 Å². The van der Waals surface area contributed by atoms with E-state index in [1.54, 1.807) is 0 Å². The molecule has 0 bridgehead atoms. The van der Waals surface area contributed by atoms with Gasteiger partial charge in [0, 0.05) is 13.0 Å². The molecular formula is C20H31N3O4. The summed E-state index contributed by atoms with van der Waals surface area (Å²) in [7, 11) is 0. The van der Waals surface area contributed by atoms with Crippen LogP contribution in [0, 0.1) is 5.92 Å². The van der Waals surface area contributed by atoms with Crippen LogP contribution in [-0.2, 0) is 20.9 Å². The predicted molar refractivity (Wildman–Crippen MR) is 104 cm³/mol. The van der Waals surface area contributed by atoms with E-state index in [4.69, 9.17) is 10.5 Å². The average molecular weight is 377 g/mol. The van der Waals surface area contributed by atoms with Crippen LogP contribution in [0.5, 0.6) is 0 Å². The van der Waals surface area contributed by atoms with E-state index in [1.165, 1.54) is 0 Å². The van der Waals surface area contributed by atoms with Crippen LogP contribution in [0.2, 0.25) is 0 Å². The van der Waals surface area contributed by atoms with E-state index in [1.807, 2.05) is 44.2 Å². The lowest BCUT2D eigenvalue weighted by molar-refractivity contribution is -0.128. The Morgan fingerprint density at radius 2 is 1.81 bits per heavy atom. The Bertz CT molecular complexity index is 592. The van der Waals surface area contributed by atoms with Crippen LogP contribution < -0.4 is 16.4 Å². The molecule has 0 saturated carbocycles. The Labute approximate surface area is 161 Å². The van der Waals surface area contributed by atoms with E-state index < -0.39 is 18.0 Å². The van der Waals surface area contributed by atoms with Gasteiger partial charge in [-0.1, -0.05) is 57.0 Å². The topological polar surface area (TPSA) is 111 Å². The second kappa shape index (κ2) is 12.7. The fourth-order valence-corrected chi connectivity index (χ4v) is 2.53. The molecule has 7 nitrogen and oxygen atoms in total. The van der Waals surface area contributed by atoms with E-state index >= 15 is 0 Å². The zero-order valence-electron chi connectivity index (χ0n) is 16.2. The molecule has 0 fully saturated rings. The monoisotopic (exact) mass is 377 g/mol. The molecule has 3 amide bonds. The first-order valence-electron chi connectivity index (χ1n) is 9.47. The maximum Gasteiger partial charge on any atom is 0.407 e. The van der Waals surface area contributed by atoms with Crippen molar-refractivity contribution >= 4 is 17.9 Å². The molecule has 0 radical (unpaired) electrons. The molecule has 27 heavy (non-hydrogen) atoms. The van der Waals surface area contributed by atoms with Crippen LogP contribution in [0.25, 0.3) is 0 Å². The number of rotatable bonds is 12. The highest BCUT2D eigenvalue weighted by Crippen LogP contribution is 2.08. The molecule has 0 aliphatic carbocycles. The summed E-state index contributed by atoms with van der Waals surface area (Å²) in [6.07, 6.45) is 2.86. The van der Waals surface area contributed by atoms with Gasteiger partial charge in [0.2, 0.25) is 11.8 Å². The number of alkyl carbamates (subject to hydrolysis) is 1. The molecule has 0 spiro atoms. The number of nitrogens with two attached hydrogens (primary N) is 1. The predicted octanol–water partition coefficient (Wildman–Crippen LogP) is 2.49. The summed E-state index contributed by atoms with van der Waals surface area (Å²) < 4.78 is 5.11. The number of primary amides is 1. The molecule has 1 aromatic rings. The van der Waals surface area contributed by atoms with Gasteiger partial charge in [-0.3, -0.25) is 9.59 Å². The molecule has 2 atom stereocenters. The van der Waals surface area contributed by atoms with Crippen LogP contribution >= 0.6 is 0 Å². The molecule has 0 saturated heterocycles. The fourth-order valence-electron chi connectivity index (χ4n) is 2.53. The largest absolute Gasteiger partial charge is 0.445 e. The van der Waals surface area contributed by atoms with Gasteiger partial charge in [-0.25, -0.2) is 4.79 Å². The van der Waals surface area contributed by atoms with Crippen LogP contribution in [-0.4, -0.2) is 30.5 Å². The third-order valence-electron chi connectivity index (χ3n) is 4.40. The van der Waals surface area contributed by atoms with Crippen molar-refractivity contribution in [1.82, 2.24) is 10.6 Å². The molecule has 0 aromatic heterocycles. The number of amides is 3. The van der Waals surface area contributed by atoms with E-state index in [0.717, 1.165) is 24.8 Å². The number of hydrogen-bond acceptors (Lipinski definition) is 4. The van der Waals surface area contributed by atoms with Crippen molar-refractivity contribution < 1.29 is 19.1 Å². The van der Waals surface area contributed by atoms with Gasteiger partial charge in [-0.15, -0.1) is 0 Å². The number of nitrogens with one attached hydrogen (secondary N) is 2. The van der Waals surface area contributed by atoms with Crippen molar-refractivity contribution in [3.8, 4) is 0 Å². The second-order valence-electron chi connectivity index (χ2n) is 6.63. The standard InChI is InChI=1S/C20H31N3O4/c1-3-15(2)18(19(21)25)23-17(24)12-8-5-9-13-22-20(26)27-14-16-10-6-4-7-11-16/h4,6-7,10-11,15,18H,3,5,8-9,12-14H2,1-2H3,(H2,21,25)(H,22,26)(H,23,24)/t15-,18-/m1/s1. The lowest BCUT2D eigenvalue weighted by atomic mass is 9.98. The van der Waals surface area contributed by atoms with Crippen molar-refractivity contribution in [2.75, 3.05) is 6.54 Å². The number of benzene rings is 1. The lowest BCUT2D eigenvalue weighted by Gasteiger charge is -2.21. The Kier molecular flexibility index (Phi) is 10.6. The highest BCUT2D eigenvalue weighted by molar-refractivity contribution is 5.86. The normalized spacial score (nSPS) is 12.7. The highest BCUT2D eigenvalue weighted by Gasteiger charge is 2.23. The summed E-state index contributed by atoms with van der Waals surface area (Å²) in [5.41, 5.74) is 6.28. The molecule has 0 heterocycles. The zero-order valence-corrected chi connectivity index (χ0v) is 16.2. The molecule has 4 N–H and O–H groups in total. The van der Waals surface area contributed by atoms with Gasteiger partial charge in [0.15, 0.2) is 0 Å². The van der Waals surface area contributed by atoms with Gasteiger partial charge >= 0.3 is 6.09 Å². The maximum absolute atomic E-state index is 11.9. The van der Waals surface area contributed by atoms with Crippen LogP contribution in [0.3, 0.4) is 0 Å². The van der Waals surface area contributed by atoms with Gasteiger partial charge in [0.1, 0.15) is 12.6 Å². The lowest BCUT2D eigenvalue weighted by Crippen LogP contribution is -2.48. The van der Waals surface area contributed by atoms with Crippen molar-refractivity contribution in [2.45, 2.75) is 58.6 Å². The second-order valence-corrected chi connectivity index (χ2v) is 6.63. The third kappa shape index (κ3) is 9.63. The maximum atomic E-state index is 11.9. The van der Waals surface area contributed by atoms with Gasteiger partial charge < -0.3 is 21.1 Å². The number of carbonyl (C=O) groups excluding carboxylic acids is 3. The summed E-state index contributed by atoms with van der Waals surface area (Å²) in [6.45, 7) is 4.57. The van der Waals surface area contributed by atoms with Gasteiger partial charge in [-0.05, 0) is 24.3 Å². The molecular weight excluding hydrogens is 346 g/mol. The SMILES string of the molecule is CC[C@@H](C)[C@@H](NC(=O)CCCCCNC(=O)OCc1ccccc1)C(N)=O. The first kappa shape index (κ1) is 22.5. The minimum atomic E-state index is -0.622. The molecule has 150 valence electrons. The summed E-state index contributed by atoms with van der Waals surface area (Å²) in [5, 5.41) is 5.39. The summed E-state index contributed by atoms with van der Waals surface area (Å²) in [5.74, 6) is -0.664. The first-order chi connectivity index (χ1) is 12.9. The molecule has 1 aromatic carbocycles. The molecule has 0 aliphatic heterocycles. The Balaban J connectivity index is 2.09. The van der Waals surface area contributed by atoms with Crippen LogP contribution in [0.4, 0.5) is 4.79 Å². The number of carbonyl (C=O) groups is 3. The van der Waals surface area contributed by atoms with E-state index in [0.29, 0.717) is 19.4 Å². The van der Waals surface area contributed by atoms with E-state index in [2.05, 4.69) is 10.6 Å². The van der Waals surface area contributed by atoms with Crippen molar-refractivity contribution in [2.24, 2.45) is 11.7 Å². The molecule has 1 rings (SSSR count). The minimum Gasteiger partial charge on any atom is -0.445 e. The smallest absolute Gasteiger partial charge is 0.407 e. The van der Waals surface area contributed by atoms with Crippen molar-refractivity contribution in [1.29, 1.82) is 0 Å². The summed E-state index contributed by atoms with van der Waals surface area (Å²) >= 11 is 0. The minimum absolute atomic E-state index is 0.0116. The van der Waals surface area contributed by atoms with E-state index in [9.17, 15) is 14.4 Å². The Morgan fingerprint density at radius 3 is 2.44 bits per heavy atom. The van der Waals surface area contributed by atoms with Gasteiger partial charge in [0.05, 0.1) is 0 Å². The number of hydrogen-bond donors (Lipinski definition) is 3. The van der Waals surface area contributed by atoms with Crippen LogP contribution in [0.1, 0.15) is 51.5 Å². The van der Waals surface area contributed by atoms with Crippen molar-refractivity contribution in [3.05, 3.63) is 35.9 Å². The number of unbranched alkanes of at least 4 members (excludes halogenated alkanes) is 2. The summed E-state index contributed by atoms with van der Waals surface area (Å²) in [6, 6.07) is 8.85. The molecule has 0 aliphatic rings. The number of ether oxygens (including phenoxy) is 1. The van der Waals surface area contributed by atoms with Crippen molar-refractivity contribution in [3.63, 3.8) is 0 Å². The quantitative estimate of drug-likeness (QED) is 0.486. The first-order valence-corrected chi connectivity index (χ1v) is 9.47. The fraction of sp³-hybridized carbons (Fsp3) is 0.550. The third-order valence-corrected chi connectivity index (χ3v) is 4.40. The average Bonchev–Trinajstić information content (AvgIpc) is 2.67. The molecule has 0 unspecified atom stereocenters.